The van der Waals surface area contributed by atoms with Gasteiger partial charge in [-0.25, -0.2) is 26.3 Å². The van der Waals surface area contributed by atoms with Gasteiger partial charge in [0.1, 0.15) is 0 Å². The van der Waals surface area contributed by atoms with Gasteiger partial charge in [-0.15, -0.1) is 0 Å². The normalized spacial score (nSPS) is 11.7. The van der Waals surface area contributed by atoms with Crippen LogP contribution < -0.4 is 9.46 Å². The van der Waals surface area contributed by atoms with Crippen LogP contribution in [0.5, 0.6) is 5.75 Å². The summed E-state index contributed by atoms with van der Waals surface area (Å²) in [5.74, 6) is -9.48. The van der Waals surface area contributed by atoms with Crippen molar-refractivity contribution in [3.8, 4) is 5.75 Å². The number of sulfonamides is 1. The molecule has 0 aliphatic rings. The van der Waals surface area contributed by atoms with Crippen LogP contribution in [0, 0.1) is 23.3 Å². The lowest BCUT2D eigenvalue weighted by atomic mass is 10.3. The second-order valence-corrected chi connectivity index (χ2v) is 4.88. The highest BCUT2D eigenvalue weighted by atomic mass is 32.2. The van der Waals surface area contributed by atoms with Crippen LogP contribution >= 0.6 is 0 Å². The van der Waals surface area contributed by atoms with Crippen LogP contribution in [0.15, 0.2) is 4.90 Å². The van der Waals surface area contributed by atoms with Crippen molar-refractivity contribution < 1.29 is 30.7 Å². The Balaban J connectivity index is 3.78. The van der Waals surface area contributed by atoms with Gasteiger partial charge >= 0.3 is 0 Å². The molecule has 1 N–H and O–H groups in total. The van der Waals surface area contributed by atoms with Gasteiger partial charge in [-0.05, 0) is 14.0 Å². The molecule has 1 aromatic rings. The third-order valence-electron chi connectivity index (χ3n) is 2.01. The highest BCUT2D eigenvalue weighted by Gasteiger charge is 2.33. The van der Waals surface area contributed by atoms with Crippen molar-refractivity contribution in [1.29, 1.82) is 0 Å². The minimum absolute atomic E-state index is 0.256. The molecule has 0 heterocycles. The first-order valence-electron chi connectivity index (χ1n) is 4.70. The Morgan fingerprint density at radius 1 is 1.06 bits per heavy atom. The Hall–Kier alpha value is -1.35. The smallest absolute Gasteiger partial charge is 0.247 e. The quantitative estimate of drug-likeness (QED) is 0.519. The molecule has 102 valence electrons. The molecule has 4 nitrogen and oxygen atoms in total. The SMILES string of the molecule is CCOc1c(F)c(F)c(F)c(F)c1S(=O)(=O)NC. The Morgan fingerprint density at radius 2 is 1.56 bits per heavy atom. The van der Waals surface area contributed by atoms with Crippen molar-refractivity contribution >= 4 is 10.0 Å². The number of rotatable bonds is 4. The summed E-state index contributed by atoms with van der Waals surface area (Å²) in [6, 6.07) is 0. The number of hydrogen-bond acceptors (Lipinski definition) is 3. The van der Waals surface area contributed by atoms with Gasteiger partial charge in [0.25, 0.3) is 0 Å². The largest absolute Gasteiger partial charge is 0.489 e. The molecular formula is C9H9F4NO3S. The molecule has 0 amide bonds. The number of halogens is 4. The van der Waals surface area contributed by atoms with Crippen molar-refractivity contribution in [2.24, 2.45) is 0 Å². The van der Waals surface area contributed by atoms with Crippen molar-refractivity contribution in [2.45, 2.75) is 11.8 Å². The molecule has 0 radical (unpaired) electrons. The van der Waals surface area contributed by atoms with Crippen molar-refractivity contribution in [3.63, 3.8) is 0 Å². The summed E-state index contributed by atoms with van der Waals surface area (Å²) in [6.07, 6.45) is 0. The molecule has 0 aliphatic carbocycles. The molecule has 9 heteroatoms. The molecular weight excluding hydrogens is 278 g/mol. The van der Waals surface area contributed by atoms with Crippen LogP contribution in [-0.2, 0) is 10.0 Å². The average molecular weight is 287 g/mol. The van der Waals surface area contributed by atoms with Gasteiger partial charge in [-0.2, -0.15) is 4.39 Å². The van der Waals surface area contributed by atoms with E-state index in [4.69, 9.17) is 0 Å². The Labute approximate surface area is 101 Å². The maximum atomic E-state index is 13.4. The van der Waals surface area contributed by atoms with Gasteiger partial charge in [-0.1, -0.05) is 0 Å². The van der Waals surface area contributed by atoms with E-state index in [1.807, 2.05) is 0 Å². The average Bonchev–Trinajstić information content (AvgIpc) is 2.33. The van der Waals surface area contributed by atoms with Crippen LogP contribution in [0.25, 0.3) is 0 Å². The van der Waals surface area contributed by atoms with Crippen LogP contribution in [0.1, 0.15) is 6.92 Å². The lowest BCUT2D eigenvalue weighted by Gasteiger charge is -2.13. The van der Waals surface area contributed by atoms with E-state index in [0.29, 0.717) is 0 Å². The highest BCUT2D eigenvalue weighted by molar-refractivity contribution is 7.89. The molecule has 0 spiro atoms. The van der Waals surface area contributed by atoms with E-state index in [1.165, 1.54) is 6.92 Å². The Morgan fingerprint density at radius 3 is 2.00 bits per heavy atom. The zero-order valence-electron chi connectivity index (χ0n) is 9.35. The molecule has 0 unspecified atom stereocenters. The molecule has 0 aromatic heterocycles. The van der Waals surface area contributed by atoms with Gasteiger partial charge < -0.3 is 4.74 Å². The molecule has 0 bridgehead atoms. The van der Waals surface area contributed by atoms with Crippen LogP contribution in [0.3, 0.4) is 0 Å². The molecule has 0 saturated heterocycles. The van der Waals surface area contributed by atoms with E-state index in [0.717, 1.165) is 7.05 Å². The molecule has 0 atom stereocenters. The Kier molecular flexibility index (Phi) is 4.17. The van der Waals surface area contributed by atoms with Crippen LogP contribution in [0.2, 0.25) is 0 Å². The summed E-state index contributed by atoms with van der Waals surface area (Å²) in [6.45, 7) is 1.09. The van der Waals surface area contributed by atoms with E-state index in [9.17, 15) is 26.0 Å². The zero-order valence-corrected chi connectivity index (χ0v) is 10.2. The van der Waals surface area contributed by atoms with Crippen molar-refractivity contribution in [1.82, 2.24) is 4.72 Å². The lowest BCUT2D eigenvalue weighted by molar-refractivity contribution is 0.288. The van der Waals surface area contributed by atoms with E-state index in [-0.39, 0.29) is 6.61 Å². The number of benzene rings is 1. The van der Waals surface area contributed by atoms with Gasteiger partial charge in [0.05, 0.1) is 6.61 Å². The first kappa shape index (κ1) is 14.7. The van der Waals surface area contributed by atoms with Crippen molar-refractivity contribution in [2.75, 3.05) is 13.7 Å². The predicted octanol–water partition coefficient (Wildman–Crippen LogP) is 1.55. The summed E-state index contributed by atoms with van der Waals surface area (Å²) in [4.78, 5) is -1.40. The number of hydrogen-bond donors (Lipinski definition) is 1. The summed E-state index contributed by atoms with van der Waals surface area (Å²) in [7, 11) is -3.63. The second-order valence-electron chi connectivity index (χ2n) is 3.05. The standard InChI is InChI=1S/C9H9F4NO3S/c1-3-17-8-6(12)4(10)5(11)7(13)9(8)18(15,16)14-2/h14H,3H2,1-2H3. The molecule has 0 saturated carbocycles. The van der Waals surface area contributed by atoms with Crippen LogP contribution in [0.4, 0.5) is 17.6 Å². The van der Waals surface area contributed by atoms with Gasteiger partial charge in [0.15, 0.2) is 22.3 Å². The van der Waals surface area contributed by atoms with E-state index in [1.54, 1.807) is 4.72 Å². The fraction of sp³-hybridized carbons (Fsp3) is 0.333. The summed E-state index contributed by atoms with van der Waals surface area (Å²) < 4.78 is 81.8. The minimum Gasteiger partial charge on any atom is -0.489 e. The van der Waals surface area contributed by atoms with E-state index < -0.39 is 43.9 Å². The topological polar surface area (TPSA) is 55.4 Å². The number of ether oxygens (including phenoxy) is 1. The first-order chi connectivity index (χ1) is 8.27. The summed E-state index contributed by atoms with van der Waals surface area (Å²) >= 11 is 0. The summed E-state index contributed by atoms with van der Waals surface area (Å²) in [5, 5.41) is 0. The predicted molar refractivity (Wildman–Crippen MR) is 53.7 cm³/mol. The maximum absolute atomic E-state index is 13.4. The van der Waals surface area contributed by atoms with Gasteiger partial charge in [0.2, 0.25) is 21.7 Å². The second kappa shape index (κ2) is 5.11. The molecule has 0 aliphatic heterocycles. The number of nitrogens with one attached hydrogen (secondary N) is 1. The van der Waals surface area contributed by atoms with Crippen LogP contribution in [-0.4, -0.2) is 22.1 Å². The monoisotopic (exact) mass is 287 g/mol. The fourth-order valence-corrected chi connectivity index (χ4v) is 2.13. The van der Waals surface area contributed by atoms with E-state index >= 15 is 0 Å². The fourth-order valence-electron chi connectivity index (χ4n) is 1.21. The maximum Gasteiger partial charge on any atom is 0.247 e. The third-order valence-corrected chi connectivity index (χ3v) is 3.45. The zero-order chi connectivity index (χ0) is 14.1. The summed E-state index contributed by atoms with van der Waals surface area (Å²) in [5.41, 5.74) is 0. The lowest BCUT2D eigenvalue weighted by Crippen LogP contribution is -2.23. The minimum atomic E-state index is -4.54. The molecule has 1 rings (SSSR count). The molecule has 18 heavy (non-hydrogen) atoms. The third kappa shape index (κ3) is 2.27. The van der Waals surface area contributed by atoms with Crippen molar-refractivity contribution in [3.05, 3.63) is 23.3 Å². The molecule has 0 fully saturated rings. The highest BCUT2D eigenvalue weighted by Crippen LogP contribution is 2.33. The first-order valence-corrected chi connectivity index (χ1v) is 6.18. The van der Waals surface area contributed by atoms with E-state index in [2.05, 4.69) is 4.74 Å². The van der Waals surface area contributed by atoms with Gasteiger partial charge in [0, 0.05) is 0 Å². The Bertz CT molecular complexity index is 574. The molecule has 1 aromatic carbocycles. The van der Waals surface area contributed by atoms with Gasteiger partial charge in [-0.3, -0.25) is 0 Å².